The topological polar surface area (TPSA) is 44.9 Å². The number of ether oxygens (including phenoxy) is 1. The number of aromatic nitrogens is 4. The fourth-order valence-electron chi connectivity index (χ4n) is 6.36. The second-order valence-corrected chi connectivity index (χ2v) is 12.2. The van der Waals surface area contributed by atoms with Crippen molar-refractivity contribution in [3.63, 3.8) is 0 Å². The third-order valence-corrected chi connectivity index (χ3v) is 8.28. The van der Waals surface area contributed by atoms with E-state index in [0.29, 0.717) is 5.92 Å². The van der Waals surface area contributed by atoms with Gasteiger partial charge in [-0.3, -0.25) is 4.57 Å². The van der Waals surface area contributed by atoms with E-state index in [2.05, 4.69) is 134 Å². The molecule has 5 heteroatoms. The van der Waals surface area contributed by atoms with Gasteiger partial charge in [-0.05, 0) is 79.3 Å². The maximum atomic E-state index is 6.57. The van der Waals surface area contributed by atoms with Gasteiger partial charge in [-0.1, -0.05) is 81.8 Å². The molecule has 0 atom stereocenters. The molecule has 0 saturated carbocycles. The minimum Gasteiger partial charge on any atom is -0.457 e. The summed E-state index contributed by atoms with van der Waals surface area (Å²) in [5.41, 5.74) is 9.23. The Morgan fingerprint density at radius 3 is 2.33 bits per heavy atom. The Morgan fingerprint density at radius 2 is 1.53 bits per heavy atom. The van der Waals surface area contributed by atoms with Gasteiger partial charge < -0.3 is 4.74 Å². The zero-order valence-electron chi connectivity index (χ0n) is 26.4. The van der Waals surface area contributed by atoms with E-state index < -0.39 is 0 Å². The van der Waals surface area contributed by atoms with Gasteiger partial charge in [0.25, 0.3) is 0 Å². The Morgan fingerprint density at radius 1 is 0.756 bits per heavy atom. The standard InChI is InChI=1S/C40H38N4O/c1-5-12-35-40(29-13-7-6-8-14-29)38(23-27(2)3)44(42-35)30-15-11-16-31(25-30)45-32-19-20-34-33-17-9-10-18-36(33)43(37(34)26-32)39-24-28(4)21-22-41-39/h6-11,13-22,24-27H,5,12,23H2,1-4H3. The zero-order chi connectivity index (χ0) is 30.9. The van der Waals surface area contributed by atoms with Gasteiger partial charge in [0.1, 0.15) is 17.3 Å². The minimum atomic E-state index is 0.484. The lowest BCUT2D eigenvalue weighted by Gasteiger charge is -2.14. The molecule has 4 aromatic carbocycles. The van der Waals surface area contributed by atoms with Gasteiger partial charge in [-0.25, -0.2) is 9.67 Å². The van der Waals surface area contributed by atoms with E-state index in [1.54, 1.807) is 0 Å². The highest BCUT2D eigenvalue weighted by atomic mass is 16.5. The SMILES string of the molecule is CCCc1nn(-c2cccc(Oc3ccc4c5ccccc5n(-c5cc(C)ccn5)c4c3)c2)c(CC(C)C)c1-c1ccccc1. The van der Waals surface area contributed by atoms with Crippen LogP contribution in [-0.2, 0) is 12.8 Å². The van der Waals surface area contributed by atoms with Crippen LogP contribution in [0.1, 0.15) is 44.1 Å². The van der Waals surface area contributed by atoms with E-state index in [0.717, 1.165) is 59.0 Å². The lowest BCUT2D eigenvalue weighted by atomic mass is 9.96. The fourth-order valence-corrected chi connectivity index (χ4v) is 6.36. The highest BCUT2D eigenvalue weighted by Gasteiger charge is 2.21. The van der Waals surface area contributed by atoms with Gasteiger partial charge in [0.15, 0.2) is 0 Å². The summed E-state index contributed by atoms with van der Waals surface area (Å²) in [5.74, 6) is 2.93. The number of hydrogen-bond donors (Lipinski definition) is 0. The van der Waals surface area contributed by atoms with Crippen molar-refractivity contribution in [2.75, 3.05) is 0 Å². The Hall–Kier alpha value is -5.16. The maximum Gasteiger partial charge on any atom is 0.137 e. The van der Waals surface area contributed by atoms with Gasteiger partial charge in [-0.2, -0.15) is 5.10 Å². The Kier molecular flexibility index (Phi) is 7.68. The molecule has 45 heavy (non-hydrogen) atoms. The zero-order valence-corrected chi connectivity index (χ0v) is 26.4. The average molecular weight is 591 g/mol. The van der Waals surface area contributed by atoms with Crippen molar-refractivity contribution in [3.05, 3.63) is 132 Å². The van der Waals surface area contributed by atoms with Crippen molar-refractivity contribution in [3.8, 4) is 34.1 Å². The van der Waals surface area contributed by atoms with E-state index in [1.807, 2.05) is 18.3 Å². The fraction of sp³-hybridized carbons (Fsp3) is 0.200. The third-order valence-electron chi connectivity index (χ3n) is 8.28. The average Bonchev–Trinajstić information content (AvgIpc) is 3.56. The lowest BCUT2D eigenvalue weighted by Crippen LogP contribution is -2.06. The Bertz CT molecular complexity index is 2120. The Balaban J connectivity index is 1.31. The van der Waals surface area contributed by atoms with Crippen LogP contribution in [0, 0.1) is 12.8 Å². The lowest BCUT2D eigenvalue weighted by molar-refractivity contribution is 0.482. The molecule has 0 amide bonds. The number of benzene rings is 4. The van der Waals surface area contributed by atoms with Crippen LogP contribution >= 0.6 is 0 Å². The van der Waals surface area contributed by atoms with E-state index in [4.69, 9.17) is 14.8 Å². The first-order valence-corrected chi connectivity index (χ1v) is 15.9. The number of pyridine rings is 1. The molecule has 3 heterocycles. The summed E-state index contributed by atoms with van der Waals surface area (Å²) in [6, 6.07) is 38.0. The predicted octanol–water partition coefficient (Wildman–Crippen LogP) is 10.3. The number of aryl methyl sites for hydroxylation is 2. The molecular formula is C40H38N4O. The molecule has 7 aromatic rings. The number of rotatable bonds is 9. The molecular weight excluding hydrogens is 552 g/mol. The van der Waals surface area contributed by atoms with Gasteiger partial charge in [-0.15, -0.1) is 0 Å². The summed E-state index contributed by atoms with van der Waals surface area (Å²) in [6.45, 7) is 8.86. The summed E-state index contributed by atoms with van der Waals surface area (Å²) in [7, 11) is 0. The van der Waals surface area contributed by atoms with Gasteiger partial charge in [0, 0.05) is 34.7 Å². The molecule has 0 spiro atoms. The van der Waals surface area contributed by atoms with Crippen molar-refractivity contribution in [2.24, 2.45) is 5.92 Å². The van der Waals surface area contributed by atoms with Gasteiger partial charge in [0.2, 0.25) is 0 Å². The smallest absolute Gasteiger partial charge is 0.137 e. The van der Waals surface area contributed by atoms with Gasteiger partial charge >= 0.3 is 0 Å². The maximum absolute atomic E-state index is 6.57. The van der Waals surface area contributed by atoms with E-state index in [1.165, 1.54) is 33.2 Å². The molecule has 0 aliphatic rings. The number of para-hydroxylation sites is 1. The second kappa shape index (κ2) is 12.1. The molecule has 0 aliphatic heterocycles. The number of hydrogen-bond acceptors (Lipinski definition) is 3. The van der Waals surface area contributed by atoms with Crippen LogP contribution in [0.5, 0.6) is 11.5 Å². The summed E-state index contributed by atoms with van der Waals surface area (Å²) in [6.07, 6.45) is 4.77. The van der Waals surface area contributed by atoms with Crippen LogP contribution in [0.2, 0.25) is 0 Å². The van der Waals surface area contributed by atoms with Crippen LogP contribution < -0.4 is 4.74 Å². The van der Waals surface area contributed by atoms with Crippen molar-refractivity contribution in [2.45, 2.75) is 47.0 Å². The van der Waals surface area contributed by atoms with Crippen molar-refractivity contribution in [1.82, 2.24) is 19.3 Å². The highest BCUT2D eigenvalue weighted by Crippen LogP contribution is 2.36. The molecule has 0 fully saturated rings. The molecule has 0 N–H and O–H groups in total. The van der Waals surface area contributed by atoms with Crippen LogP contribution in [0.25, 0.3) is 44.4 Å². The number of nitrogens with zero attached hydrogens (tertiary/aromatic N) is 4. The van der Waals surface area contributed by atoms with Crippen LogP contribution in [0.4, 0.5) is 0 Å². The monoisotopic (exact) mass is 590 g/mol. The van der Waals surface area contributed by atoms with Crippen LogP contribution in [0.3, 0.4) is 0 Å². The summed E-state index contributed by atoms with van der Waals surface area (Å²) < 4.78 is 10.9. The quantitative estimate of drug-likeness (QED) is 0.168. The normalized spacial score (nSPS) is 11.6. The second-order valence-electron chi connectivity index (χ2n) is 12.2. The highest BCUT2D eigenvalue weighted by molar-refractivity contribution is 6.09. The first kappa shape index (κ1) is 28.6. The molecule has 0 bridgehead atoms. The predicted molar refractivity (Wildman–Crippen MR) is 185 cm³/mol. The molecule has 0 radical (unpaired) electrons. The van der Waals surface area contributed by atoms with E-state index >= 15 is 0 Å². The van der Waals surface area contributed by atoms with Crippen LogP contribution in [0.15, 0.2) is 115 Å². The summed E-state index contributed by atoms with van der Waals surface area (Å²) in [4.78, 5) is 4.73. The van der Waals surface area contributed by atoms with Crippen molar-refractivity contribution in [1.29, 1.82) is 0 Å². The molecule has 5 nitrogen and oxygen atoms in total. The Labute approximate surface area is 264 Å². The van der Waals surface area contributed by atoms with Crippen molar-refractivity contribution < 1.29 is 4.74 Å². The van der Waals surface area contributed by atoms with Gasteiger partial charge in [0.05, 0.1) is 28.1 Å². The summed E-state index contributed by atoms with van der Waals surface area (Å²) >= 11 is 0. The first-order chi connectivity index (χ1) is 22.0. The number of fused-ring (bicyclic) bond motifs is 3. The molecule has 224 valence electrons. The molecule has 3 aromatic heterocycles. The first-order valence-electron chi connectivity index (χ1n) is 15.9. The van der Waals surface area contributed by atoms with E-state index in [-0.39, 0.29) is 0 Å². The van der Waals surface area contributed by atoms with E-state index in [9.17, 15) is 0 Å². The molecule has 7 rings (SSSR count). The van der Waals surface area contributed by atoms with Crippen molar-refractivity contribution >= 4 is 21.8 Å². The van der Waals surface area contributed by atoms with Crippen LogP contribution in [-0.4, -0.2) is 19.3 Å². The summed E-state index contributed by atoms with van der Waals surface area (Å²) in [5, 5.41) is 7.58. The molecule has 0 unspecified atom stereocenters. The minimum absolute atomic E-state index is 0.484. The third kappa shape index (κ3) is 5.51. The molecule has 0 aliphatic carbocycles. The largest absolute Gasteiger partial charge is 0.457 e. The molecule has 0 saturated heterocycles.